The zero-order valence-electron chi connectivity index (χ0n) is 19.2. The number of nitrogens with zero attached hydrogens (tertiary/aromatic N) is 1. The molecule has 2 N–H and O–H groups in total. The quantitative estimate of drug-likeness (QED) is 0.640. The molecule has 2 unspecified atom stereocenters. The van der Waals surface area contributed by atoms with Crippen LogP contribution in [0.15, 0.2) is 24.3 Å². The summed E-state index contributed by atoms with van der Waals surface area (Å²) >= 11 is 0. The summed E-state index contributed by atoms with van der Waals surface area (Å²) in [6, 6.07) is 7.68. The first-order valence-corrected chi connectivity index (χ1v) is 12.0. The number of carbonyl (C=O) groups excluding carboxylic acids is 3. The molecular formula is C25H33N3O5. The molecular weight excluding hydrogens is 422 g/mol. The first-order valence-electron chi connectivity index (χ1n) is 12.0. The van der Waals surface area contributed by atoms with Crippen LogP contribution in [-0.4, -0.2) is 56.2 Å². The van der Waals surface area contributed by atoms with Gasteiger partial charge in [-0.15, -0.1) is 0 Å². The normalized spacial score (nSPS) is 32.3. The Morgan fingerprint density at radius 2 is 1.73 bits per heavy atom. The van der Waals surface area contributed by atoms with Crippen molar-refractivity contribution in [2.24, 2.45) is 17.3 Å². The van der Waals surface area contributed by atoms with E-state index in [1.807, 2.05) is 24.3 Å². The van der Waals surface area contributed by atoms with Gasteiger partial charge < -0.3 is 25.0 Å². The Hall–Kier alpha value is -2.61. The van der Waals surface area contributed by atoms with Crippen LogP contribution in [0.1, 0.15) is 45.4 Å². The molecule has 178 valence electrons. The van der Waals surface area contributed by atoms with Gasteiger partial charge in [-0.3, -0.25) is 14.4 Å². The summed E-state index contributed by atoms with van der Waals surface area (Å²) in [6.45, 7) is 4.40. The Bertz CT molecular complexity index is 910. The molecule has 4 saturated carbocycles. The summed E-state index contributed by atoms with van der Waals surface area (Å²) in [6.07, 6.45) is 5.23. The van der Waals surface area contributed by atoms with Gasteiger partial charge in [0.05, 0.1) is 18.6 Å². The molecule has 4 aliphatic carbocycles. The van der Waals surface area contributed by atoms with Crippen molar-refractivity contribution in [2.45, 2.75) is 51.0 Å². The molecule has 0 spiro atoms. The van der Waals surface area contributed by atoms with E-state index in [2.05, 4.69) is 15.5 Å². The van der Waals surface area contributed by atoms with Crippen LogP contribution in [0.5, 0.6) is 0 Å². The number of carbonyl (C=O) groups is 3. The summed E-state index contributed by atoms with van der Waals surface area (Å²) in [7, 11) is 0. The standard InChI is InChI=1S/C25H33N3O5/c1-17(29)27-25-13-18-10-19(14-25)12-24(11-18,16-25)23(31)33-15-22(30)26-20-2-4-21(5-3-20)28-6-8-32-9-7-28/h2-5,18-19H,6-16H2,1H3,(H,26,30)(H,27,29). The van der Waals surface area contributed by atoms with Crippen LogP contribution in [0.4, 0.5) is 11.4 Å². The summed E-state index contributed by atoms with van der Waals surface area (Å²) < 4.78 is 10.9. The monoisotopic (exact) mass is 455 g/mol. The molecule has 1 aromatic carbocycles. The fourth-order valence-corrected chi connectivity index (χ4v) is 7.08. The van der Waals surface area contributed by atoms with E-state index in [1.54, 1.807) is 6.92 Å². The highest BCUT2D eigenvalue weighted by atomic mass is 16.5. The molecule has 5 aliphatic rings. The second-order valence-corrected chi connectivity index (χ2v) is 10.5. The predicted octanol–water partition coefficient (Wildman–Crippen LogP) is 2.48. The average molecular weight is 456 g/mol. The molecule has 6 rings (SSSR count). The van der Waals surface area contributed by atoms with Crippen molar-refractivity contribution in [1.82, 2.24) is 5.32 Å². The first kappa shape index (κ1) is 22.2. The summed E-state index contributed by atoms with van der Waals surface area (Å²) in [5.74, 6) is 0.196. The van der Waals surface area contributed by atoms with Gasteiger partial charge in [-0.25, -0.2) is 0 Å². The molecule has 4 bridgehead atoms. The van der Waals surface area contributed by atoms with Crippen LogP contribution < -0.4 is 15.5 Å². The molecule has 1 heterocycles. The number of ether oxygens (including phenoxy) is 2. The van der Waals surface area contributed by atoms with Crippen molar-refractivity contribution in [3.63, 3.8) is 0 Å². The maximum atomic E-state index is 13.2. The second kappa shape index (κ2) is 8.63. The lowest BCUT2D eigenvalue weighted by Gasteiger charge is -2.60. The van der Waals surface area contributed by atoms with Gasteiger partial charge >= 0.3 is 5.97 Å². The van der Waals surface area contributed by atoms with Gasteiger partial charge in [-0.2, -0.15) is 0 Å². The highest BCUT2D eigenvalue weighted by Crippen LogP contribution is 2.62. The fourth-order valence-electron chi connectivity index (χ4n) is 7.08. The molecule has 0 aromatic heterocycles. The number of esters is 1. The predicted molar refractivity (Wildman–Crippen MR) is 123 cm³/mol. The Labute approximate surface area is 194 Å². The van der Waals surface area contributed by atoms with E-state index < -0.39 is 5.41 Å². The van der Waals surface area contributed by atoms with Crippen molar-refractivity contribution < 1.29 is 23.9 Å². The van der Waals surface area contributed by atoms with E-state index in [0.29, 0.717) is 23.9 Å². The minimum absolute atomic E-state index is 0.0421. The van der Waals surface area contributed by atoms with Crippen molar-refractivity contribution in [2.75, 3.05) is 43.1 Å². The molecule has 5 fully saturated rings. The van der Waals surface area contributed by atoms with E-state index in [9.17, 15) is 14.4 Å². The van der Waals surface area contributed by atoms with Crippen LogP contribution in [0, 0.1) is 17.3 Å². The lowest BCUT2D eigenvalue weighted by Crippen LogP contribution is -2.64. The smallest absolute Gasteiger partial charge is 0.312 e. The van der Waals surface area contributed by atoms with Gasteiger partial charge in [-0.1, -0.05) is 0 Å². The molecule has 2 atom stereocenters. The third-order valence-corrected chi connectivity index (χ3v) is 7.80. The number of benzene rings is 1. The fraction of sp³-hybridized carbons (Fsp3) is 0.640. The molecule has 8 nitrogen and oxygen atoms in total. The zero-order valence-corrected chi connectivity index (χ0v) is 19.2. The molecule has 1 aromatic rings. The van der Waals surface area contributed by atoms with Crippen LogP contribution in [0.3, 0.4) is 0 Å². The van der Waals surface area contributed by atoms with Crippen molar-refractivity contribution in [1.29, 1.82) is 0 Å². The Balaban J connectivity index is 1.16. The van der Waals surface area contributed by atoms with Gasteiger partial charge in [0, 0.05) is 36.9 Å². The third kappa shape index (κ3) is 4.58. The number of rotatable bonds is 6. The molecule has 33 heavy (non-hydrogen) atoms. The van der Waals surface area contributed by atoms with Crippen LogP contribution in [0.2, 0.25) is 0 Å². The average Bonchev–Trinajstić information content (AvgIpc) is 2.77. The minimum Gasteiger partial charge on any atom is -0.455 e. The Morgan fingerprint density at radius 3 is 2.36 bits per heavy atom. The number of anilines is 2. The lowest BCUT2D eigenvalue weighted by molar-refractivity contribution is -0.176. The summed E-state index contributed by atoms with van der Waals surface area (Å²) in [5.41, 5.74) is 0.900. The maximum absolute atomic E-state index is 13.2. The van der Waals surface area contributed by atoms with E-state index in [4.69, 9.17) is 9.47 Å². The first-order chi connectivity index (χ1) is 15.8. The van der Waals surface area contributed by atoms with Crippen molar-refractivity contribution in [3.8, 4) is 0 Å². The van der Waals surface area contributed by atoms with Gasteiger partial charge in [0.2, 0.25) is 5.91 Å². The van der Waals surface area contributed by atoms with E-state index >= 15 is 0 Å². The summed E-state index contributed by atoms with van der Waals surface area (Å²) in [5, 5.41) is 5.97. The zero-order chi connectivity index (χ0) is 23.1. The Morgan fingerprint density at radius 1 is 1.06 bits per heavy atom. The molecule has 1 aliphatic heterocycles. The highest BCUT2D eigenvalue weighted by Gasteiger charge is 2.61. The van der Waals surface area contributed by atoms with Crippen molar-refractivity contribution in [3.05, 3.63) is 24.3 Å². The van der Waals surface area contributed by atoms with E-state index in [0.717, 1.165) is 64.1 Å². The van der Waals surface area contributed by atoms with Crippen molar-refractivity contribution >= 4 is 29.2 Å². The highest BCUT2D eigenvalue weighted by molar-refractivity contribution is 5.93. The molecule has 8 heteroatoms. The second-order valence-electron chi connectivity index (χ2n) is 10.5. The lowest BCUT2D eigenvalue weighted by atomic mass is 9.47. The molecule has 2 amide bonds. The molecule has 0 radical (unpaired) electrons. The van der Waals surface area contributed by atoms with Gasteiger partial charge in [0.1, 0.15) is 0 Å². The minimum atomic E-state index is -0.577. The topological polar surface area (TPSA) is 97.0 Å². The van der Waals surface area contributed by atoms with E-state index in [-0.39, 0.29) is 29.9 Å². The summed E-state index contributed by atoms with van der Waals surface area (Å²) in [4.78, 5) is 39.7. The number of amides is 2. The van der Waals surface area contributed by atoms with Gasteiger partial charge in [0.25, 0.3) is 5.91 Å². The number of morpholine rings is 1. The van der Waals surface area contributed by atoms with E-state index in [1.165, 1.54) is 0 Å². The van der Waals surface area contributed by atoms with Gasteiger partial charge in [-0.05, 0) is 74.6 Å². The number of hydrogen-bond donors (Lipinski definition) is 2. The molecule has 1 saturated heterocycles. The maximum Gasteiger partial charge on any atom is 0.312 e. The number of hydrogen-bond acceptors (Lipinski definition) is 6. The van der Waals surface area contributed by atoms with Crippen LogP contribution in [-0.2, 0) is 23.9 Å². The Kier molecular flexibility index (Phi) is 5.80. The van der Waals surface area contributed by atoms with Crippen LogP contribution >= 0.6 is 0 Å². The SMILES string of the molecule is CC(=O)NC12CC3CC(C1)CC(C(=O)OCC(=O)Nc1ccc(N4CCOCC4)cc1)(C3)C2. The van der Waals surface area contributed by atoms with Crippen LogP contribution in [0.25, 0.3) is 0 Å². The third-order valence-electron chi connectivity index (χ3n) is 7.80. The largest absolute Gasteiger partial charge is 0.455 e. The van der Waals surface area contributed by atoms with Gasteiger partial charge in [0.15, 0.2) is 6.61 Å². The number of nitrogens with one attached hydrogen (secondary N) is 2.